The summed E-state index contributed by atoms with van der Waals surface area (Å²) in [5.41, 5.74) is 0. The second-order valence-electron chi connectivity index (χ2n) is 3.22. The minimum atomic E-state index is -5.00. The van der Waals surface area contributed by atoms with Crippen LogP contribution in [0.25, 0.3) is 0 Å². The van der Waals surface area contributed by atoms with E-state index < -0.39 is 10.5 Å². The topological polar surface area (TPSA) is 65.5 Å². The number of ether oxygens (including phenoxy) is 1. The summed E-state index contributed by atoms with van der Waals surface area (Å²) in [5.74, 6) is 0.687. The molecule has 0 atom stereocenters. The summed E-state index contributed by atoms with van der Waals surface area (Å²) >= 11 is 0. The Labute approximate surface area is 103 Å². The van der Waals surface area contributed by atoms with Gasteiger partial charge in [-0.1, -0.05) is 9.95 Å². The zero-order valence-corrected chi connectivity index (χ0v) is 9.80. The first-order chi connectivity index (χ1) is 8.53. The van der Waals surface area contributed by atoms with Gasteiger partial charge in [-0.3, -0.25) is 0 Å². The fraction of sp³-hybridized carbons (Fsp3) is 0. The van der Waals surface area contributed by atoms with Gasteiger partial charge >= 0.3 is 10.5 Å². The van der Waals surface area contributed by atoms with Crippen LogP contribution in [0, 0.1) is 0 Å². The number of halogens is 1. The summed E-state index contributed by atoms with van der Waals surface area (Å²) in [6.07, 6.45) is 1.57. The Bertz CT molecular complexity index is 613. The Morgan fingerprint density at radius 2 is 1.67 bits per heavy atom. The second kappa shape index (κ2) is 5.01. The van der Waals surface area contributed by atoms with Gasteiger partial charge in [0.2, 0.25) is 5.88 Å². The summed E-state index contributed by atoms with van der Waals surface area (Å²) in [7, 11) is -5.00. The molecular weight excluding hydrogens is 261 g/mol. The first-order valence-electron chi connectivity index (χ1n) is 4.86. The average Bonchev–Trinajstić information content (AvgIpc) is 2.31. The largest absolute Gasteiger partial charge is 0.488 e. The van der Waals surface area contributed by atoms with Gasteiger partial charge in [0.25, 0.3) is 0 Å². The van der Waals surface area contributed by atoms with Gasteiger partial charge in [0.05, 0.1) is 0 Å². The van der Waals surface area contributed by atoms with Crippen LogP contribution < -0.4 is 8.92 Å². The Kier molecular flexibility index (Phi) is 3.42. The van der Waals surface area contributed by atoms with Crippen LogP contribution in [0.5, 0.6) is 17.4 Å². The third-order valence-electron chi connectivity index (χ3n) is 1.88. The molecule has 7 heteroatoms. The minimum Gasteiger partial charge on any atom is -0.439 e. The number of pyridine rings is 1. The standard InChI is InChI=1S/C11H8FNO4S/c12-18(14,15)17-10-6-4-9(5-7-10)16-11-3-1-2-8-13-11/h1-8H. The quantitative estimate of drug-likeness (QED) is 0.798. The maximum absolute atomic E-state index is 12.2. The van der Waals surface area contributed by atoms with Crippen LogP contribution in [-0.2, 0) is 10.5 Å². The molecular formula is C11H8FNO4S. The van der Waals surface area contributed by atoms with Gasteiger partial charge in [-0.05, 0) is 30.3 Å². The highest BCUT2D eigenvalue weighted by molar-refractivity contribution is 7.81. The molecule has 0 saturated carbocycles. The van der Waals surface area contributed by atoms with Crippen LogP contribution >= 0.6 is 0 Å². The molecule has 1 aromatic heterocycles. The van der Waals surface area contributed by atoms with Gasteiger partial charge < -0.3 is 8.92 Å². The molecule has 2 aromatic rings. The lowest BCUT2D eigenvalue weighted by atomic mass is 10.3. The molecule has 0 aliphatic carbocycles. The van der Waals surface area contributed by atoms with E-state index in [4.69, 9.17) is 4.74 Å². The van der Waals surface area contributed by atoms with Crippen molar-refractivity contribution in [3.63, 3.8) is 0 Å². The SMILES string of the molecule is O=S(=O)(F)Oc1ccc(Oc2ccccn2)cc1. The number of benzene rings is 1. The summed E-state index contributed by atoms with van der Waals surface area (Å²) in [4.78, 5) is 3.95. The molecule has 0 unspecified atom stereocenters. The van der Waals surface area contributed by atoms with Crippen LogP contribution in [-0.4, -0.2) is 13.4 Å². The maximum atomic E-state index is 12.2. The van der Waals surface area contributed by atoms with E-state index in [9.17, 15) is 12.3 Å². The normalized spacial score (nSPS) is 10.9. The summed E-state index contributed by atoms with van der Waals surface area (Å²) in [6.45, 7) is 0. The van der Waals surface area contributed by atoms with E-state index in [1.54, 1.807) is 24.4 Å². The van der Waals surface area contributed by atoms with Crippen molar-refractivity contribution in [2.45, 2.75) is 0 Å². The molecule has 0 spiro atoms. The van der Waals surface area contributed by atoms with Crippen molar-refractivity contribution in [3.05, 3.63) is 48.7 Å². The summed E-state index contributed by atoms with van der Waals surface area (Å²) < 4.78 is 42.1. The molecule has 0 amide bonds. The molecule has 18 heavy (non-hydrogen) atoms. The first-order valence-corrected chi connectivity index (χ1v) is 6.17. The van der Waals surface area contributed by atoms with Crippen LogP contribution in [0.3, 0.4) is 0 Å². The van der Waals surface area contributed by atoms with Crippen molar-refractivity contribution >= 4 is 10.5 Å². The lowest BCUT2D eigenvalue weighted by molar-refractivity contribution is 0.437. The smallest absolute Gasteiger partial charge is 0.439 e. The minimum absolute atomic E-state index is 0.133. The molecule has 94 valence electrons. The molecule has 0 fully saturated rings. The van der Waals surface area contributed by atoms with Crippen LogP contribution in [0.2, 0.25) is 0 Å². The van der Waals surface area contributed by atoms with E-state index in [-0.39, 0.29) is 5.75 Å². The van der Waals surface area contributed by atoms with Crippen molar-refractivity contribution in [3.8, 4) is 17.4 Å². The van der Waals surface area contributed by atoms with Gasteiger partial charge in [-0.25, -0.2) is 4.98 Å². The second-order valence-corrected chi connectivity index (χ2v) is 4.17. The van der Waals surface area contributed by atoms with E-state index >= 15 is 0 Å². The number of hydrogen-bond donors (Lipinski definition) is 0. The molecule has 0 aliphatic heterocycles. The van der Waals surface area contributed by atoms with Crippen molar-refractivity contribution < 1.29 is 21.2 Å². The molecule has 1 heterocycles. The maximum Gasteiger partial charge on any atom is 0.488 e. The lowest BCUT2D eigenvalue weighted by Gasteiger charge is -2.04. The van der Waals surface area contributed by atoms with E-state index in [1.807, 2.05) is 0 Å². The predicted octanol–water partition coefficient (Wildman–Crippen LogP) is 2.47. The lowest BCUT2D eigenvalue weighted by Crippen LogP contribution is -2.00. The number of rotatable bonds is 4. The van der Waals surface area contributed by atoms with Gasteiger partial charge in [0.15, 0.2) is 0 Å². The Morgan fingerprint density at radius 3 is 2.22 bits per heavy atom. The predicted molar refractivity (Wildman–Crippen MR) is 61.4 cm³/mol. The summed E-state index contributed by atoms with van der Waals surface area (Å²) in [5, 5.41) is 0. The van der Waals surface area contributed by atoms with Gasteiger partial charge in [-0.15, -0.1) is 0 Å². The highest BCUT2D eigenvalue weighted by atomic mass is 32.3. The highest BCUT2D eigenvalue weighted by Gasteiger charge is 2.09. The highest BCUT2D eigenvalue weighted by Crippen LogP contribution is 2.22. The molecule has 0 aliphatic rings. The third kappa shape index (κ3) is 3.70. The molecule has 0 radical (unpaired) electrons. The zero-order valence-electron chi connectivity index (χ0n) is 8.99. The van der Waals surface area contributed by atoms with E-state index in [2.05, 4.69) is 9.17 Å². The van der Waals surface area contributed by atoms with Gasteiger partial charge in [0, 0.05) is 12.3 Å². The fourth-order valence-electron chi connectivity index (χ4n) is 1.21. The Hall–Kier alpha value is -2.15. The Morgan fingerprint density at radius 1 is 1.00 bits per heavy atom. The molecule has 0 saturated heterocycles. The Balaban J connectivity index is 2.09. The zero-order chi connectivity index (χ0) is 13.0. The van der Waals surface area contributed by atoms with Crippen LogP contribution in [0.1, 0.15) is 0 Å². The number of aromatic nitrogens is 1. The molecule has 1 aromatic carbocycles. The van der Waals surface area contributed by atoms with Crippen molar-refractivity contribution in [2.75, 3.05) is 0 Å². The monoisotopic (exact) mass is 269 g/mol. The number of nitrogens with zero attached hydrogens (tertiary/aromatic N) is 1. The average molecular weight is 269 g/mol. The van der Waals surface area contributed by atoms with Crippen LogP contribution in [0.15, 0.2) is 48.7 Å². The van der Waals surface area contributed by atoms with Gasteiger partial charge in [-0.2, -0.15) is 8.42 Å². The van der Waals surface area contributed by atoms with E-state index in [1.165, 1.54) is 24.3 Å². The molecule has 2 rings (SSSR count). The van der Waals surface area contributed by atoms with Crippen molar-refractivity contribution in [1.82, 2.24) is 4.98 Å². The molecule has 0 N–H and O–H groups in total. The first kappa shape index (κ1) is 12.3. The van der Waals surface area contributed by atoms with Crippen LogP contribution in [0.4, 0.5) is 3.89 Å². The summed E-state index contributed by atoms with van der Waals surface area (Å²) in [6, 6.07) is 10.6. The third-order valence-corrected chi connectivity index (χ3v) is 2.27. The molecule has 5 nitrogen and oxygen atoms in total. The van der Waals surface area contributed by atoms with Crippen molar-refractivity contribution in [1.29, 1.82) is 0 Å². The molecule has 0 bridgehead atoms. The van der Waals surface area contributed by atoms with Crippen molar-refractivity contribution in [2.24, 2.45) is 0 Å². The fourth-order valence-corrected chi connectivity index (χ4v) is 1.55. The van der Waals surface area contributed by atoms with Gasteiger partial charge in [0.1, 0.15) is 11.5 Å². The van der Waals surface area contributed by atoms with E-state index in [0.717, 1.165) is 0 Å². The van der Waals surface area contributed by atoms with E-state index in [0.29, 0.717) is 11.6 Å². The number of hydrogen-bond acceptors (Lipinski definition) is 5.